The number of ether oxygens (including phenoxy) is 2. The van der Waals surface area contributed by atoms with Crippen molar-refractivity contribution in [1.29, 1.82) is 0 Å². The van der Waals surface area contributed by atoms with Crippen LogP contribution in [-0.2, 0) is 22.4 Å². The maximum absolute atomic E-state index is 13.2. The van der Waals surface area contributed by atoms with Crippen LogP contribution in [0.2, 0.25) is 0 Å². The predicted octanol–water partition coefficient (Wildman–Crippen LogP) is 6.13. The molecule has 2 heterocycles. The van der Waals surface area contributed by atoms with Crippen molar-refractivity contribution < 1.29 is 23.8 Å². The van der Waals surface area contributed by atoms with Gasteiger partial charge in [0.2, 0.25) is 0 Å². The van der Waals surface area contributed by atoms with Gasteiger partial charge in [-0.15, -0.1) is 0 Å². The van der Waals surface area contributed by atoms with E-state index in [2.05, 4.69) is 24.1 Å². The minimum Gasteiger partial charge on any atom is -0.493 e. The first-order valence-corrected chi connectivity index (χ1v) is 13.9. The van der Waals surface area contributed by atoms with Gasteiger partial charge in [-0.3, -0.25) is 4.79 Å². The summed E-state index contributed by atoms with van der Waals surface area (Å²) in [5.41, 5.74) is 5.50. The topological polar surface area (TPSA) is 83.9 Å². The summed E-state index contributed by atoms with van der Waals surface area (Å²) in [5, 5.41) is 13.2. The molecule has 0 spiro atoms. The van der Waals surface area contributed by atoms with E-state index in [1.807, 2.05) is 31.2 Å². The predicted molar refractivity (Wildman–Crippen MR) is 157 cm³/mol. The standard InChI is InChI=1S/C32H40FN3O4/c1-22-27(21-28(37)38)30(36-17-14-32(2,3)15-18-36)29(31(35-22)34-16-20-39-4)24-7-11-26(12-8-24)40-19-13-23-5-9-25(33)10-6-23/h5-12H,13-21H2,1-4H3,(H,34,35)(H,37,38). The molecule has 1 aromatic heterocycles. The van der Waals surface area contributed by atoms with Crippen molar-refractivity contribution in [3.63, 3.8) is 0 Å². The number of nitrogens with one attached hydrogen (secondary N) is 1. The van der Waals surface area contributed by atoms with Gasteiger partial charge in [0.25, 0.3) is 0 Å². The van der Waals surface area contributed by atoms with Crippen molar-refractivity contribution in [3.8, 4) is 16.9 Å². The SMILES string of the molecule is COCCNc1nc(C)c(CC(=O)O)c(N2CCC(C)(C)CC2)c1-c1ccc(OCCc2ccc(F)cc2)cc1. The quantitative estimate of drug-likeness (QED) is 0.263. The first-order chi connectivity index (χ1) is 19.2. The van der Waals surface area contributed by atoms with Crippen LogP contribution in [0.5, 0.6) is 5.75 Å². The van der Waals surface area contributed by atoms with Gasteiger partial charge in [0.15, 0.2) is 0 Å². The van der Waals surface area contributed by atoms with Crippen LogP contribution in [0.25, 0.3) is 11.1 Å². The van der Waals surface area contributed by atoms with Crippen LogP contribution in [0.15, 0.2) is 48.5 Å². The molecule has 4 rings (SSSR count). The van der Waals surface area contributed by atoms with Gasteiger partial charge in [-0.05, 0) is 60.6 Å². The van der Waals surface area contributed by atoms with E-state index >= 15 is 0 Å². The first kappa shape index (κ1) is 29.3. The molecule has 2 N–H and O–H groups in total. The highest BCUT2D eigenvalue weighted by Crippen LogP contribution is 2.43. The molecule has 7 nitrogen and oxygen atoms in total. The van der Waals surface area contributed by atoms with E-state index in [-0.39, 0.29) is 17.7 Å². The summed E-state index contributed by atoms with van der Waals surface area (Å²) in [6, 6.07) is 14.3. The maximum Gasteiger partial charge on any atom is 0.307 e. The number of methoxy groups -OCH3 is 1. The fraction of sp³-hybridized carbons (Fsp3) is 0.438. The summed E-state index contributed by atoms with van der Waals surface area (Å²) in [6.45, 7) is 9.71. The molecule has 0 bridgehead atoms. The number of rotatable bonds is 12. The molecule has 1 aliphatic rings. The van der Waals surface area contributed by atoms with Gasteiger partial charge in [-0.1, -0.05) is 38.1 Å². The van der Waals surface area contributed by atoms with Crippen molar-refractivity contribution >= 4 is 17.5 Å². The number of pyridine rings is 1. The summed E-state index contributed by atoms with van der Waals surface area (Å²) in [4.78, 5) is 19.1. The fourth-order valence-corrected chi connectivity index (χ4v) is 5.10. The number of carbonyl (C=O) groups is 1. The Morgan fingerprint density at radius 1 is 1.07 bits per heavy atom. The summed E-state index contributed by atoms with van der Waals surface area (Å²) >= 11 is 0. The average molecular weight is 550 g/mol. The molecule has 1 aliphatic heterocycles. The number of aliphatic carboxylic acids is 1. The molecule has 0 radical (unpaired) electrons. The van der Waals surface area contributed by atoms with Gasteiger partial charge in [0.05, 0.1) is 25.3 Å². The van der Waals surface area contributed by atoms with Crippen LogP contribution in [0, 0.1) is 18.2 Å². The van der Waals surface area contributed by atoms with Gasteiger partial charge in [0, 0.05) is 50.0 Å². The van der Waals surface area contributed by atoms with E-state index in [1.165, 1.54) is 12.1 Å². The number of anilines is 2. The monoisotopic (exact) mass is 549 g/mol. The number of nitrogens with zero attached hydrogens (tertiary/aromatic N) is 2. The Balaban J connectivity index is 1.68. The van der Waals surface area contributed by atoms with E-state index in [0.29, 0.717) is 37.7 Å². The van der Waals surface area contributed by atoms with Crippen LogP contribution in [0.3, 0.4) is 0 Å². The second kappa shape index (κ2) is 13.1. The number of hydrogen-bond donors (Lipinski definition) is 2. The smallest absolute Gasteiger partial charge is 0.307 e. The summed E-state index contributed by atoms with van der Waals surface area (Å²) < 4.78 is 24.4. The molecular formula is C32H40FN3O4. The Kier molecular flexibility index (Phi) is 9.63. The summed E-state index contributed by atoms with van der Waals surface area (Å²) in [6.07, 6.45) is 2.62. The summed E-state index contributed by atoms with van der Waals surface area (Å²) in [7, 11) is 1.66. The van der Waals surface area contributed by atoms with Gasteiger partial charge in [-0.2, -0.15) is 0 Å². The lowest BCUT2D eigenvalue weighted by Crippen LogP contribution is -2.38. The average Bonchev–Trinajstić information content (AvgIpc) is 2.92. The van der Waals surface area contributed by atoms with Gasteiger partial charge >= 0.3 is 5.97 Å². The third-order valence-corrected chi connectivity index (χ3v) is 7.55. The fourth-order valence-electron chi connectivity index (χ4n) is 5.10. The van der Waals surface area contributed by atoms with Gasteiger partial charge in [-0.25, -0.2) is 9.37 Å². The first-order valence-electron chi connectivity index (χ1n) is 13.9. The Morgan fingerprint density at radius 2 is 1.75 bits per heavy atom. The van der Waals surface area contributed by atoms with E-state index in [4.69, 9.17) is 14.5 Å². The van der Waals surface area contributed by atoms with E-state index in [0.717, 1.165) is 59.6 Å². The highest BCUT2D eigenvalue weighted by molar-refractivity contribution is 5.91. The largest absolute Gasteiger partial charge is 0.493 e. The Hall–Kier alpha value is -3.65. The molecule has 3 aromatic rings. The number of piperidine rings is 1. The maximum atomic E-state index is 13.2. The summed E-state index contributed by atoms with van der Waals surface area (Å²) in [5.74, 6) is 0.320. The third-order valence-electron chi connectivity index (χ3n) is 7.55. The number of hydrogen-bond acceptors (Lipinski definition) is 6. The molecule has 40 heavy (non-hydrogen) atoms. The van der Waals surface area contributed by atoms with Gasteiger partial charge in [0.1, 0.15) is 17.4 Å². The molecule has 0 atom stereocenters. The second-order valence-electron chi connectivity index (χ2n) is 11.1. The van der Waals surface area contributed by atoms with Crippen LogP contribution in [-0.4, -0.2) is 56.0 Å². The Labute approximate surface area is 236 Å². The molecular weight excluding hydrogens is 509 g/mol. The molecule has 0 saturated carbocycles. The third kappa shape index (κ3) is 7.50. The lowest BCUT2D eigenvalue weighted by Gasteiger charge is -2.40. The molecule has 0 aliphatic carbocycles. The van der Waals surface area contributed by atoms with Crippen LogP contribution in [0.1, 0.15) is 43.5 Å². The van der Waals surface area contributed by atoms with Crippen molar-refractivity contribution in [3.05, 3.63) is 71.2 Å². The minimum absolute atomic E-state index is 0.0933. The number of aromatic nitrogens is 1. The molecule has 2 aromatic carbocycles. The Morgan fingerprint density at radius 3 is 2.38 bits per heavy atom. The number of halogens is 1. The van der Waals surface area contributed by atoms with Gasteiger partial charge < -0.3 is 24.8 Å². The zero-order valence-electron chi connectivity index (χ0n) is 23.9. The molecule has 0 amide bonds. The molecule has 0 unspecified atom stereocenters. The van der Waals surface area contributed by atoms with E-state index in [9.17, 15) is 14.3 Å². The molecule has 8 heteroatoms. The van der Waals surface area contributed by atoms with Crippen molar-refractivity contribution in [2.75, 3.05) is 50.2 Å². The zero-order valence-corrected chi connectivity index (χ0v) is 23.9. The number of carboxylic acids is 1. The number of carboxylic acid groups (broad SMARTS) is 1. The molecule has 1 saturated heterocycles. The van der Waals surface area contributed by atoms with Crippen molar-refractivity contribution in [2.24, 2.45) is 5.41 Å². The molecule has 214 valence electrons. The Bertz CT molecular complexity index is 1280. The molecule has 1 fully saturated rings. The van der Waals surface area contributed by atoms with Crippen molar-refractivity contribution in [2.45, 2.75) is 46.5 Å². The van der Waals surface area contributed by atoms with Crippen LogP contribution < -0.4 is 15.0 Å². The second-order valence-corrected chi connectivity index (χ2v) is 11.1. The lowest BCUT2D eigenvalue weighted by molar-refractivity contribution is -0.136. The number of aryl methyl sites for hydroxylation is 1. The highest BCUT2D eigenvalue weighted by Gasteiger charge is 2.31. The lowest BCUT2D eigenvalue weighted by atomic mass is 9.82. The number of benzene rings is 2. The van der Waals surface area contributed by atoms with E-state index < -0.39 is 5.97 Å². The zero-order chi connectivity index (χ0) is 28.7. The highest BCUT2D eigenvalue weighted by atomic mass is 19.1. The van der Waals surface area contributed by atoms with Crippen LogP contribution >= 0.6 is 0 Å². The van der Waals surface area contributed by atoms with E-state index in [1.54, 1.807) is 19.2 Å². The normalized spacial score (nSPS) is 14.7. The minimum atomic E-state index is -0.876. The van der Waals surface area contributed by atoms with Crippen LogP contribution in [0.4, 0.5) is 15.9 Å². The van der Waals surface area contributed by atoms with Crippen molar-refractivity contribution in [1.82, 2.24) is 4.98 Å².